The van der Waals surface area contributed by atoms with Crippen molar-refractivity contribution < 1.29 is 19.0 Å². The van der Waals surface area contributed by atoms with Crippen LogP contribution in [0, 0.1) is 5.82 Å². The van der Waals surface area contributed by atoms with E-state index in [0.717, 1.165) is 5.56 Å². The number of amides is 1. The normalized spacial score (nSPS) is 11.9. The van der Waals surface area contributed by atoms with Crippen LogP contribution in [0.2, 0.25) is 10.0 Å². The van der Waals surface area contributed by atoms with Crippen molar-refractivity contribution in [2.45, 2.75) is 25.3 Å². The molecule has 1 N–H and O–H groups in total. The Bertz CT molecular complexity index is 801. The zero-order valence-electron chi connectivity index (χ0n) is 15.2. The second-order valence-corrected chi connectivity index (χ2v) is 7.12. The molecule has 0 aliphatic heterocycles. The monoisotopic (exact) mass is 413 g/mol. The van der Waals surface area contributed by atoms with Gasteiger partial charge in [-0.1, -0.05) is 35.3 Å². The molecular weight excluding hydrogens is 392 g/mol. The van der Waals surface area contributed by atoms with Gasteiger partial charge in [0.2, 0.25) is 5.91 Å². The molecule has 0 saturated heterocycles. The molecule has 0 saturated carbocycles. The van der Waals surface area contributed by atoms with Crippen molar-refractivity contribution in [2.24, 2.45) is 0 Å². The Hall–Kier alpha value is -1.82. The van der Waals surface area contributed by atoms with Crippen LogP contribution in [0.25, 0.3) is 0 Å². The zero-order chi connectivity index (χ0) is 20.0. The molecule has 0 radical (unpaired) electrons. The number of aliphatic hydroxyl groups excluding tert-OH is 1. The number of carbonyl (C=O) groups is 1. The number of ether oxygens (including phenoxy) is 1. The van der Waals surface area contributed by atoms with E-state index in [4.69, 9.17) is 27.9 Å². The molecule has 0 bridgehead atoms. The fraction of sp³-hybridized carbons (Fsp3) is 0.350. The molecule has 27 heavy (non-hydrogen) atoms. The number of benzene rings is 2. The molecule has 1 amide bonds. The van der Waals surface area contributed by atoms with Gasteiger partial charge in [-0.25, -0.2) is 4.39 Å². The first-order valence-corrected chi connectivity index (χ1v) is 9.23. The Morgan fingerprint density at radius 3 is 2.56 bits per heavy atom. The summed E-state index contributed by atoms with van der Waals surface area (Å²) in [4.78, 5) is 14.2. The molecule has 0 heterocycles. The third kappa shape index (κ3) is 5.83. The minimum Gasteiger partial charge on any atom is -0.494 e. The molecule has 2 aromatic rings. The Kier molecular flexibility index (Phi) is 7.90. The van der Waals surface area contributed by atoms with Gasteiger partial charge in [-0.2, -0.15) is 0 Å². The first-order valence-electron chi connectivity index (χ1n) is 8.48. The van der Waals surface area contributed by atoms with Crippen molar-refractivity contribution in [1.82, 2.24) is 4.90 Å². The molecule has 0 aromatic heterocycles. The van der Waals surface area contributed by atoms with Gasteiger partial charge >= 0.3 is 0 Å². The molecule has 1 unspecified atom stereocenters. The number of nitrogens with zero attached hydrogens (tertiary/aromatic N) is 1. The van der Waals surface area contributed by atoms with Crippen molar-refractivity contribution in [3.8, 4) is 5.75 Å². The van der Waals surface area contributed by atoms with Gasteiger partial charge in [-0.05, 0) is 47.7 Å². The van der Waals surface area contributed by atoms with E-state index in [9.17, 15) is 14.3 Å². The molecule has 4 nitrogen and oxygen atoms in total. The molecular formula is C20H22Cl2FNO3. The van der Waals surface area contributed by atoms with Crippen molar-refractivity contribution in [3.05, 3.63) is 63.4 Å². The van der Waals surface area contributed by atoms with Gasteiger partial charge < -0.3 is 14.7 Å². The van der Waals surface area contributed by atoms with Gasteiger partial charge in [-0.3, -0.25) is 4.79 Å². The Morgan fingerprint density at radius 2 is 1.96 bits per heavy atom. The summed E-state index contributed by atoms with van der Waals surface area (Å²) in [6, 6.07) is 9.81. The van der Waals surface area contributed by atoms with Crippen LogP contribution in [0.1, 0.15) is 29.9 Å². The maximum Gasteiger partial charge on any atom is 0.223 e. The summed E-state index contributed by atoms with van der Waals surface area (Å²) in [7, 11) is 3.06. The molecule has 2 aromatic carbocycles. The van der Waals surface area contributed by atoms with Gasteiger partial charge in [0.15, 0.2) is 11.6 Å². The molecule has 146 valence electrons. The second kappa shape index (κ2) is 9.93. The highest BCUT2D eigenvalue weighted by Gasteiger charge is 2.20. The van der Waals surface area contributed by atoms with E-state index in [0.29, 0.717) is 22.0 Å². The topological polar surface area (TPSA) is 49.8 Å². The average Bonchev–Trinajstić information content (AvgIpc) is 2.63. The van der Waals surface area contributed by atoms with Crippen LogP contribution in [0.5, 0.6) is 5.75 Å². The van der Waals surface area contributed by atoms with Crippen molar-refractivity contribution >= 4 is 29.1 Å². The molecule has 0 aliphatic carbocycles. The fourth-order valence-corrected chi connectivity index (χ4v) is 3.15. The van der Waals surface area contributed by atoms with Gasteiger partial charge in [-0.15, -0.1) is 0 Å². The maximum atomic E-state index is 13.8. The van der Waals surface area contributed by atoms with Crippen molar-refractivity contribution in [2.75, 3.05) is 20.8 Å². The van der Waals surface area contributed by atoms with Crippen molar-refractivity contribution in [1.29, 1.82) is 0 Å². The van der Waals surface area contributed by atoms with E-state index < -0.39 is 5.82 Å². The lowest BCUT2D eigenvalue weighted by Gasteiger charge is -2.22. The fourth-order valence-electron chi connectivity index (χ4n) is 2.85. The van der Waals surface area contributed by atoms with Crippen LogP contribution in [0.3, 0.4) is 0 Å². The highest BCUT2D eigenvalue weighted by molar-refractivity contribution is 6.42. The smallest absolute Gasteiger partial charge is 0.223 e. The van der Waals surface area contributed by atoms with E-state index >= 15 is 0 Å². The number of aliphatic hydroxyl groups is 1. The summed E-state index contributed by atoms with van der Waals surface area (Å²) < 4.78 is 18.7. The second-order valence-electron chi connectivity index (χ2n) is 6.31. The van der Waals surface area contributed by atoms with E-state index in [2.05, 4.69) is 0 Å². The van der Waals surface area contributed by atoms with Crippen LogP contribution in [0.15, 0.2) is 36.4 Å². The molecule has 7 heteroatoms. The third-order valence-corrected chi connectivity index (χ3v) is 5.11. The van der Waals surface area contributed by atoms with E-state index in [-0.39, 0.29) is 37.1 Å². The first kappa shape index (κ1) is 21.5. The largest absolute Gasteiger partial charge is 0.494 e. The van der Waals surface area contributed by atoms with Crippen LogP contribution in [-0.2, 0) is 11.3 Å². The highest BCUT2D eigenvalue weighted by atomic mass is 35.5. The SMILES string of the molecule is COc1ccc(CN(C)C(=O)CC(CCO)c2ccc(Cl)c(Cl)c2)cc1F. The predicted molar refractivity (Wildman–Crippen MR) is 105 cm³/mol. The molecule has 0 spiro atoms. The summed E-state index contributed by atoms with van der Waals surface area (Å²) in [5.41, 5.74) is 1.51. The third-order valence-electron chi connectivity index (χ3n) is 4.38. The average molecular weight is 414 g/mol. The number of hydrogen-bond donors (Lipinski definition) is 1. The molecule has 1 atom stereocenters. The van der Waals surface area contributed by atoms with Gasteiger partial charge in [0, 0.05) is 26.6 Å². The van der Waals surface area contributed by atoms with Gasteiger partial charge in [0.1, 0.15) is 0 Å². The summed E-state index contributed by atoms with van der Waals surface area (Å²) in [5.74, 6) is -0.608. The van der Waals surface area contributed by atoms with Crippen LogP contribution in [0.4, 0.5) is 4.39 Å². The quantitative estimate of drug-likeness (QED) is 0.684. The van der Waals surface area contributed by atoms with Crippen LogP contribution < -0.4 is 4.74 Å². The summed E-state index contributed by atoms with van der Waals surface area (Å²) in [5, 5.41) is 10.2. The Balaban J connectivity index is 2.07. The van der Waals surface area contributed by atoms with E-state index in [1.165, 1.54) is 24.1 Å². The minimum absolute atomic E-state index is 0.0500. The summed E-state index contributed by atoms with van der Waals surface area (Å²) in [6.45, 7) is 0.221. The Labute approximate surface area is 168 Å². The number of rotatable bonds is 8. The number of halogens is 3. The lowest BCUT2D eigenvalue weighted by atomic mass is 9.92. The van der Waals surface area contributed by atoms with Crippen LogP contribution in [-0.4, -0.2) is 36.7 Å². The maximum absolute atomic E-state index is 13.8. The number of hydrogen-bond acceptors (Lipinski definition) is 3. The van der Waals surface area contributed by atoms with E-state index in [1.54, 1.807) is 31.3 Å². The summed E-state index contributed by atoms with van der Waals surface area (Å²) >= 11 is 12.0. The molecule has 2 rings (SSSR count). The molecule has 0 aliphatic rings. The standard InChI is InChI=1S/C20H22Cl2FNO3/c1-24(12-13-3-6-19(27-2)18(23)9-13)20(26)11-15(7-8-25)14-4-5-16(21)17(22)10-14/h3-6,9-10,15,25H,7-8,11-12H2,1-2H3. The predicted octanol–water partition coefficient (Wildman–Crippen LogP) is 4.66. The lowest BCUT2D eigenvalue weighted by Crippen LogP contribution is -2.28. The Morgan fingerprint density at radius 1 is 1.22 bits per heavy atom. The van der Waals surface area contributed by atoms with Gasteiger partial charge in [0.25, 0.3) is 0 Å². The number of carbonyl (C=O) groups excluding carboxylic acids is 1. The van der Waals surface area contributed by atoms with Gasteiger partial charge in [0.05, 0.1) is 17.2 Å². The number of methoxy groups -OCH3 is 1. The van der Waals surface area contributed by atoms with E-state index in [1.807, 2.05) is 0 Å². The summed E-state index contributed by atoms with van der Waals surface area (Å²) in [6.07, 6.45) is 0.627. The zero-order valence-corrected chi connectivity index (χ0v) is 16.7. The van der Waals surface area contributed by atoms with Crippen LogP contribution >= 0.6 is 23.2 Å². The molecule has 0 fully saturated rings. The lowest BCUT2D eigenvalue weighted by molar-refractivity contribution is -0.130. The van der Waals surface area contributed by atoms with Crippen molar-refractivity contribution in [3.63, 3.8) is 0 Å². The first-order chi connectivity index (χ1) is 12.8. The highest BCUT2D eigenvalue weighted by Crippen LogP contribution is 2.30. The minimum atomic E-state index is -0.468.